The predicted octanol–water partition coefficient (Wildman–Crippen LogP) is 0.411. The molecule has 0 bridgehead atoms. The van der Waals surface area contributed by atoms with Crippen LogP contribution in [0.5, 0.6) is 0 Å². The van der Waals surface area contributed by atoms with Crippen LogP contribution in [-0.4, -0.2) is 31.1 Å². The third-order valence-corrected chi connectivity index (χ3v) is 4.12. The molecule has 7 nitrogen and oxygen atoms in total. The Hall–Kier alpha value is -1.54. The summed E-state index contributed by atoms with van der Waals surface area (Å²) in [6.07, 6.45) is 0. The lowest BCUT2D eigenvalue weighted by Crippen LogP contribution is -2.14. The van der Waals surface area contributed by atoms with E-state index < -0.39 is 0 Å². The molecule has 0 fully saturated rings. The van der Waals surface area contributed by atoms with E-state index in [1.807, 2.05) is 18.7 Å². The highest BCUT2D eigenvalue weighted by Crippen LogP contribution is 2.29. The van der Waals surface area contributed by atoms with Crippen molar-refractivity contribution in [3.8, 4) is 0 Å². The van der Waals surface area contributed by atoms with Gasteiger partial charge in [0.2, 0.25) is 0 Å². The van der Waals surface area contributed by atoms with Gasteiger partial charge >= 0.3 is 5.69 Å². The molecule has 2 aromatic heterocycles. The van der Waals surface area contributed by atoms with Crippen molar-refractivity contribution >= 4 is 11.8 Å². The van der Waals surface area contributed by atoms with Gasteiger partial charge in [0, 0.05) is 26.2 Å². The second kappa shape index (κ2) is 5.62. The molecule has 2 heterocycles. The molecular formula is C11H18N6OS. The van der Waals surface area contributed by atoms with Crippen LogP contribution in [0.4, 0.5) is 0 Å². The number of hydrogen-bond donors (Lipinski definition) is 2. The third-order valence-electron chi connectivity index (χ3n) is 2.87. The molecule has 19 heavy (non-hydrogen) atoms. The summed E-state index contributed by atoms with van der Waals surface area (Å²) in [5.74, 6) is 0. The fraction of sp³-hybridized carbons (Fsp3) is 0.545. The summed E-state index contributed by atoms with van der Waals surface area (Å²) in [7, 11) is 3.59. The maximum Gasteiger partial charge on any atom is 0.343 e. The molecule has 2 aromatic rings. The summed E-state index contributed by atoms with van der Waals surface area (Å²) in [5, 5.41) is 15.8. The molecule has 8 heteroatoms. The van der Waals surface area contributed by atoms with Crippen molar-refractivity contribution in [3.63, 3.8) is 0 Å². The van der Waals surface area contributed by atoms with Crippen LogP contribution in [0.15, 0.2) is 15.0 Å². The summed E-state index contributed by atoms with van der Waals surface area (Å²) in [6.45, 7) is 5.71. The largest absolute Gasteiger partial charge is 0.343 e. The van der Waals surface area contributed by atoms with Gasteiger partial charge in [-0.2, -0.15) is 5.10 Å². The number of nitrogens with zero attached hydrogens (tertiary/aromatic N) is 4. The van der Waals surface area contributed by atoms with Crippen LogP contribution in [0.1, 0.15) is 18.2 Å². The number of aryl methyl sites for hydroxylation is 2. The Morgan fingerprint density at radius 1 is 1.42 bits per heavy atom. The van der Waals surface area contributed by atoms with Gasteiger partial charge in [0.05, 0.1) is 5.69 Å². The van der Waals surface area contributed by atoms with E-state index in [9.17, 15) is 4.79 Å². The van der Waals surface area contributed by atoms with Gasteiger partial charge in [-0.25, -0.2) is 9.89 Å². The van der Waals surface area contributed by atoms with Crippen molar-refractivity contribution in [2.45, 2.75) is 30.6 Å². The van der Waals surface area contributed by atoms with E-state index in [1.165, 1.54) is 16.3 Å². The van der Waals surface area contributed by atoms with Gasteiger partial charge in [0.25, 0.3) is 0 Å². The minimum absolute atomic E-state index is 0.213. The minimum Gasteiger partial charge on any atom is -0.313 e. The van der Waals surface area contributed by atoms with Crippen molar-refractivity contribution < 1.29 is 0 Å². The van der Waals surface area contributed by atoms with Crippen LogP contribution in [0, 0.1) is 6.92 Å². The van der Waals surface area contributed by atoms with Gasteiger partial charge < -0.3 is 5.32 Å². The maximum atomic E-state index is 11.4. The van der Waals surface area contributed by atoms with Crippen LogP contribution in [0.2, 0.25) is 0 Å². The van der Waals surface area contributed by atoms with Crippen molar-refractivity contribution in [1.29, 1.82) is 0 Å². The maximum absolute atomic E-state index is 11.4. The standard InChI is InChI=1S/C11H18N6OS/c1-5-12-6-8-7(2)15-17(4)9(8)19-11-14-13-10(18)16(11)3/h12H,5-6H2,1-4H3,(H,13,18). The summed E-state index contributed by atoms with van der Waals surface area (Å²) in [6, 6.07) is 0. The lowest BCUT2D eigenvalue weighted by molar-refractivity contribution is 0.670. The van der Waals surface area contributed by atoms with E-state index in [2.05, 4.69) is 27.5 Å². The van der Waals surface area contributed by atoms with Gasteiger partial charge in [0.1, 0.15) is 5.03 Å². The lowest BCUT2D eigenvalue weighted by Gasteiger charge is -2.06. The zero-order valence-electron chi connectivity index (χ0n) is 11.5. The lowest BCUT2D eigenvalue weighted by atomic mass is 10.2. The number of nitrogens with one attached hydrogen (secondary N) is 2. The molecule has 0 aromatic carbocycles. The van der Waals surface area contributed by atoms with E-state index in [0.29, 0.717) is 5.16 Å². The smallest absolute Gasteiger partial charge is 0.313 e. The summed E-state index contributed by atoms with van der Waals surface area (Å²) in [4.78, 5) is 11.4. The van der Waals surface area contributed by atoms with Crippen LogP contribution in [0.25, 0.3) is 0 Å². The molecule has 0 saturated heterocycles. The number of H-pyrrole nitrogens is 1. The summed E-state index contributed by atoms with van der Waals surface area (Å²) >= 11 is 1.44. The molecule has 0 aliphatic rings. The topological polar surface area (TPSA) is 80.5 Å². The molecule has 0 unspecified atom stereocenters. The highest BCUT2D eigenvalue weighted by Gasteiger charge is 2.16. The Kier molecular flexibility index (Phi) is 4.11. The van der Waals surface area contributed by atoms with Crippen LogP contribution < -0.4 is 11.0 Å². The normalized spacial score (nSPS) is 11.2. The molecule has 104 valence electrons. The summed E-state index contributed by atoms with van der Waals surface area (Å²) < 4.78 is 3.32. The van der Waals surface area contributed by atoms with Gasteiger partial charge in [-0.3, -0.25) is 9.25 Å². The second-order valence-electron chi connectivity index (χ2n) is 4.25. The first-order chi connectivity index (χ1) is 9.04. The molecule has 0 aliphatic carbocycles. The Labute approximate surface area is 115 Å². The van der Waals surface area contributed by atoms with Crippen LogP contribution in [0.3, 0.4) is 0 Å². The molecule has 2 N–H and O–H groups in total. The Morgan fingerprint density at radius 3 is 2.74 bits per heavy atom. The average Bonchev–Trinajstić information content (AvgIpc) is 2.82. The molecule has 0 aliphatic heterocycles. The molecule has 0 amide bonds. The quantitative estimate of drug-likeness (QED) is 0.830. The first-order valence-electron chi connectivity index (χ1n) is 6.07. The van der Waals surface area contributed by atoms with E-state index in [0.717, 1.165) is 29.4 Å². The number of hydrogen-bond acceptors (Lipinski definition) is 5. The van der Waals surface area contributed by atoms with E-state index in [-0.39, 0.29) is 5.69 Å². The molecule has 0 spiro atoms. The monoisotopic (exact) mass is 282 g/mol. The van der Waals surface area contributed by atoms with Gasteiger partial charge in [0.15, 0.2) is 5.16 Å². The molecule has 0 saturated carbocycles. The number of rotatable bonds is 5. The molecular weight excluding hydrogens is 264 g/mol. The molecule has 0 atom stereocenters. The zero-order chi connectivity index (χ0) is 14.0. The van der Waals surface area contributed by atoms with Gasteiger partial charge in [-0.1, -0.05) is 6.92 Å². The number of aromatic nitrogens is 5. The SMILES string of the molecule is CCNCc1c(C)nn(C)c1Sc1n[nH]c(=O)n1C. The van der Waals surface area contributed by atoms with E-state index >= 15 is 0 Å². The van der Waals surface area contributed by atoms with Crippen molar-refractivity contribution in [1.82, 2.24) is 29.9 Å². The fourth-order valence-corrected chi connectivity index (χ4v) is 2.77. The Morgan fingerprint density at radius 2 is 2.16 bits per heavy atom. The third kappa shape index (κ3) is 2.74. The van der Waals surface area contributed by atoms with Crippen LogP contribution >= 0.6 is 11.8 Å². The predicted molar refractivity (Wildman–Crippen MR) is 73.3 cm³/mol. The Bertz CT molecular complexity index is 626. The zero-order valence-corrected chi connectivity index (χ0v) is 12.3. The van der Waals surface area contributed by atoms with Gasteiger partial charge in [-0.15, -0.1) is 5.10 Å². The first kappa shape index (κ1) is 13.9. The van der Waals surface area contributed by atoms with Crippen molar-refractivity contribution in [2.24, 2.45) is 14.1 Å². The van der Waals surface area contributed by atoms with E-state index in [1.54, 1.807) is 7.05 Å². The molecule has 0 radical (unpaired) electrons. The highest BCUT2D eigenvalue weighted by molar-refractivity contribution is 7.99. The molecule has 2 rings (SSSR count). The average molecular weight is 282 g/mol. The first-order valence-corrected chi connectivity index (χ1v) is 6.88. The van der Waals surface area contributed by atoms with Gasteiger partial charge in [-0.05, 0) is 25.2 Å². The van der Waals surface area contributed by atoms with E-state index in [4.69, 9.17) is 0 Å². The number of aromatic amines is 1. The highest BCUT2D eigenvalue weighted by atomic mass is 32.2. The minimum atomic E-state index is -0.213. The second-order valence-corrected chi connectivity index (χ2v) is 5.20. The van der Waals surface area contributed by atoms with Crippen molar-refractivity contribution in [2.75, 3.05) is 6.54 Å². The fourth-order valence-electron chi connectivity index (χ4n) is 1.77. The summed E-state index contributed by atoms with van der Waals surface area (Å²) in [5.41, 5.74) is 1.92. The Balaban J connectivity index is 2.33. The van der Waals surface area contributed by atoms with Crippen molar-refractivity contribution in [3.05, 3.63) is 21.7 Å². The van der Waals surface area contributed by atoms with Crippen LogP contribution in [-0.2, 0) is 20.6 Å².